The smallest absolute Gasteiger partial charge is 0.209 e. The van der Waals surface area contributed by atoms with Crippen LogP contribution in [0.25, 0.3) is 0 Å². The number of nitrogens with one attached hydrogen (secondary N) is 1. The quantitative estimate of drug-likeness (QED) is 0.329. The van der Waals surface area contributed by atoms with Crippen LogP contribution in [0.15, 0.2) is 35.5 Å². The van der Waals surface area contributed by atoms with E-state index in [9.17, 15) is 0 Å². The first-order chi connectivity index (χ1) is 14.5. The highest BCUT2D eigenvalue weighted by molar-refractivity contribution is 7.99. The Labute approximate surface area is 194 Å². The monoisotopic (exact) mass is 487 g/mol. The molecule has 0 spiro atoms. The van der Waals surface area contributed by atoms with Gasteiger partial charge in [0.1, 0.15) is 6.61 Å². The highest BCUT2D eigenvalue weighted by Crippen LogP contribution is 2.34. The van der Waals surface area contributed by atoms with E-state index >= 15 is 0 Å². The van der Waals surface area contributed by atoms with Crippen LogP contribution in [0, 0.1) is 0 Å². The van der Waals surface area contributed by atoms with E-state index in [-0.39, 0.29) is 0 Å². The van der Waals surface area contributed by atoms with Crippen molar-refractivity contribution in [3.63, 3.8) is 0 Å². The van der Waals surface area contributed by atoms with E-state index < -0.39 is 0 Å². The summed E-state index contributed by atoms with van der Waals surface area (Å²) in [5.41, 5.74) is 1.81. The maximum atomic E-state index is 6.45. The Morgan fingerprint density at radius 3 is 2.60 bits per heavy atom. The molecule has 0 unspecified atom stereocenters. The van der Waals surface area contributed by atoms with Crippen LogP contribution >= 0.6 is 46.6 Å². The number of nitrogens with zero attached hydrogens (tertiary/aromatic N) is 4. The molecule has 1 aromatic heterocycles. The lowest BCUT2D eigenvalue weighted by Gasteiger charge is -2.14. The second-order valence-electron chi connectivity index (χ2n) is 6.24. The Bertz CT molecular complexity index is 1000. The number of methoxy groups -OCH3 is 1. The van der Waals surface area contributed by atoms with E-state index in [2.05, 4.69) is 20.8 Å². The van der Waals surface area contributed by atoms with Crippen LogP contribution in [0.4, 0.5) is 0 Å². The van der Waals surface area contributed by atoms with Gasteiger partial charge in [0.05, 0.1) is 17.2 Å². The summed E-state index contributed by atoms with van der Waals surface area (Å²) in [6, 6.07) is 9.00. The first-order valence-electron chi connectivity index (χ1n) is 8.97. The fourth-order valence-corrected chi connectivity index (χ4v) is 3.84. The normalized spacial score (nSPS) is 11.0. The first kappa shape index (κ1) is 23.0. The molecule has 3 rings (SSSR count). The van der Waals surface area contributed by atoms with Gasteiger partial charge in [0.15, 0.2) is 11.5 Å². The summed E-state index contributed by atoms with van der Waals surface area (Å²) in [6.07, 6.45) is 0. The summed E-state index contributed by atoms with van der Waals surface area (Å²) >= 11 is 20.0. The molecular weight excluding hydrogens is 469 g/mol. The molecule has 0 atom stereocenters. The van der Waals surface area contributed by atoms with Crippen LogP contribution in [-0.2, 0) is 20.2 Å². The zero-order valence-electron chi connectivity index (χ0n) is 16.4. The van der Waals surface area contributed by atoms with Gasteiger partial charge in [-0.1, -0.05) is 52.6 Å². The van der Waals surface area contributed by atoms with Crippen molar-refractivity contribution in [1.82, 2.24) is 25.5 Å². The molecule has 30 heavy (non-hydrogen) atoms. The Morgan fingerprint density at radius 1 is 1.07 bits per heavy atom. The van der Waals surface area contributed by atoms with Crippen LogP contribution < -0.4 is 14.8 Å². The molecule has 160 valence electrons. The summed E-state index contributed by atoms with van der Waals surface area (Å²) in [5.74, 6) is 1.99. The molecule has 0 amide bonds. The zero-order valence-corrected chi connectivity index (χ0v) is 19.4. The minimum absolute atomic E-state index is 0.315. The van der Waals surface area contributed by atoms with Crippen LogP contribution in [0.2, 0.25) is 15.1 Å². The van der Waals surface area contributed by atoms with Gasteiger partial charge in [0.2, 0.25) is 5.16 Å². The number of rotatable bonds is 10. The molecule has 0 aliphatic heterocycles. The molecule has 0 aliphatic rings. The number of thioether (sulfide) groups is 1. The highest BCUT2D eigenvalue weighted by atomic mass is 35.5. The van der Waals surface area contributed by atoms with E-state index in [1.165, 1.54) is 0 Å². The number of tetrazole rings is 1. The number of ether oxygens (including phenoxy) is 2. The molecule has 2 aromatic carbocycles. The third-order valence-corrected chi connectivity index (χ3v) is 6.22. The number of aryl methyl sites for hydroxylation is 1. The van der Waals surface area contributed by atoms with Crippen molar-refractivity contribution >= 4 is 46.6 Å². The van der Waals surface area contributed by atoms with E-state index in [4.69, 9.17) is 44.3 Å². The second kappa shape index (κ2) is 11.1. The standard InChI is InChI=1S/C19H20Cl3N5O2S/c1-27-19(24-25-26-27)30-6-5-23-10-13-8-17(28-2)18(9-15(13)21)29-11-12-3-4-14(20)16(22)7-12/h3-4,7-9,23H,5-6,10-11H2,1-2H3. The molecular formula is C19H20Cl3N5O2S. The number of hydrogen-bond acceptors (Lipinski definition) is 7. The average Bonchev–Trinajstić information content (AvgIpc) is 3.14. The fraction of sp³-hybridized carbons (Fsp3) is 0.316. The van der Waals surface area contributed by atoms with Crippen LogP contribution in [-0.4, -0.2) is 39.6 Å². The third kappa shape index (κ3) is 6.15. The predicted molar refractivity (Wildman–Crippen MR) is 120 cm³/mol. The number of benzene rings is 2. The lowest BCUT2D eigenvalue weighted by atomic mass is 10.2. The molecule has 0 saturated heterocycles. The van der Waals surface area contributed by atoms with Crippen LogP contribution in [0.3, 0.4) is 0 Å². The molecule has 1 N–H and O–H groups in total. The Kier molecular flexibility index (Phi) is 8.47. The third-order valence-electron chi connectivity index (χ3n) is 4.12. The van der Waals surface area contributed by atoms with Gasteiger partial charge in [-0.25, -0.2) is 4.68 Å². The molecule has 0 fully saturated rings. The van der Waals surface area contributed by atoms with Crippen molar-refractivity contribution in [1.29, 1.82) is 0 Å². The van der Waals surface area contributed by atoms with Gasteiger partial charge in [0.25, 0.3) is 0 Å². The van der Waals surface area contributed by atoms with Gasteiger partial charge in [-0.05, 0) is 39.8 Å². The summed E-state index contributed by atoms with van der Waals surface area (Å²) < 4.78 is 13.0. The SMILES string of the molecule is COc1cc(CNCCSc2nnnn2C)c(Cl)cc1OCc1ccc(Cl)c(Cl)c1. The number of halogens is 3. The van der Waals surface area contributed by atoms with Crippen molar-refractivity contribution in [3.8, 4) is 11.5 Å². The molecule has 7 nitrogen and oxygen atoms in total. The predicted octanol–water partition coefficient (Wildman–Crippen LogP) is 4.64. The molecule has 0 saturated carbocycles. The maximum absolute atomic E-state index is 6.45. The van der Waals surface area contributed by atoms with Gasteiger partial charge in [-0.2, -0.15) is 0 Å². The first-order valence-corrected chi connectivity index (χ1v) is 11.1. The molecule has 0 bridgehead atoms. The number of hydrogen-bond donors (Lipinski definition) is 1. The van der Waals surface area contributed by atoms with Gasteiger partial charge < -0.3 is 14.8 Å². The Balaban J connectivity index is 1.55. The van der Waals surface area contributed by atoms with Crippen molar-refractivity contribution in [2.24, 2.45) is 7.05 Å². The van der Waals surface area contributed by atoms with Gasteiger partial charge in [-0.15, -0.1) is 5.10 Å². The summed E-state index contributed by atoms with van der Waals surface area (Å²) in [4.78, 5) is 0. The van der Waals surface area contributed by atoms with E-state index in [0.717, 1.165) is 28.6 Å². The van der Waals surface area contributed by atoms with Gasteiger partial charge >= 0.3 is 0 Å². The lowest BCUT2D eigenvalue weighted by molar-refractivity contribution is 0.284. The molecule has 3 aromatic rings. The number of aromatic nitrogens is 4. The zero-order chi connectivity index (χ0) is 21.5. The highest BCUT2D eigenvalue weighted by Gasteiger charge is 2.12. The maximum Gasteiger partial charge on any atom is 0.209 e. The van der Waals surface area contributed by atoms with Gasteiger partial charge in [0, 0.05) is 37.0 Å². The van der Waals surface area contributed by atoms with Crippen molar-refractivity contribution < 1.29 is 9.47 Å². The van der Waals surface area contributed by atoms with Crippen molar-refractivity contribution in [3.05, 3.63) is 56.5 Å². The summed E-state index contributed by atoms with van der Waals surface area (Å²) in [6.45, 7) is 1.68. The second-order valence-corrected chi connectivity index (χ2v) is 8.53. The minimum atomic E-state index is 0.315. The minimum Gasteiger partial charge on any atom is -0.493 e. The average molecular weight is 489 g/mol. The Morgan fingerprint density at radius 2 is 1.90 bits per heavy atom. The summed E-state index contributed by atoms with van der Waals surface area (Å²) in [7, 11) is 3.41. The van der Waals surface area contributed by atoms with E-state index in [1.807, 2.05) is 19.2 Å². The van der Waals surface area contributed by atoms with Crippen molar-refractivity contribution in [2.45, 2.75) is 18.3 Å². The molecule has 11 heteroatoms. The van der Waals surface area contributed by atoms with Crippen LogP contribution in [0.1, 0.15) is 11.1 Å². The van der Waals surface area contributed by atoms with Crippen molar-refractivity contribution in [2.75, 3.05) is 19.4 Å². The van der Waals surface area contributed by atoms with Crippen LogP contribution in [0.5, 0.6) is 11.5 Å². The van der Waals surface area contributed by atoms with Gasteiger partial charge in [-0.3, -0.25) is 0 Å². The Hall–Kier alpha value is -1.71. The topological polar surface area (TPSA) is 74.1 Å². The molecule has 0 radical (unpaired) electrons. The molecule has 0 aliphatic carbocycles. The summed E-state index contributed by atoms with van der Waals surface area (Å²) in [5, 5.41) is 17.1. The largest absolute Gasteiger partial charge is 0.493 e. The fourth-order valence-electron chi connectivity index (χ4n) is 2.56. The lowest BCUT2D eigenvalue weighted by Crippen LogP contribution is -2.17. The van der Waals surface area contributed by atoms with E-state index in [0.29, 0.717) is 39.7 Å². The molecule has 1 heterocycles. The van der Waals surface area contributed by atoms with E-state index in [1.54, 1.807) is 41.8 Å².